The number of aromatic nitrogens is 3. The number of fused-ring (bicyclic) bond motifs is 1. The highest BCUT2D eigenvalue weighted by Gasteiger charge is 2.21. The van der Waals surface area contributed by atoms with Crippen molar-refractivity contribution in [3.8, 4) is 11.5 Å². The van der Waals surface area contributed by atoms with Crippen molar-refractivity contribution in [3.05, 3.63) is 35.4 Å². The quantitative estimate of drug-likeness (QED) is 0.729. The maximum atomic E-state index is 12.1. The lowest BCUT2D eigenvalue weighted by Gasteiger charge is -2.21. The number of hydrogen-bond acceptors (Lipinski definition) is 6. The first-order valence-electron chi connectivity index (χ1n) is 10.2. The third-order valence-corrected chi connectivity index (χ3v) is 5.55. The van der Waals surface area contributed by atoms with Crippen molar-refractivity contribution >= 4 is 5.91 Å². The molecular formula is C21H31N5O3. The average Bonchev–Trinajstić information content (AvgIpc) is 3.03. The Hall–Kier alpha value is -2.61. The van der Waals surface area contributed by atoms with Crippen molar-refractivity contribution in [2.75, 3.05) is 27.3 Å². The lowest BCUT2D eigenvalue weighted by Crippen LogP contribution is -2.30. The maximum absolute atomic E-state index is 12.1. The monoisotopic (exact) mass is 401 g/mol. The van der Waals surface area contributed by atoms with Crippen LogP contribution in [0.15, 0.2) is 18.2 Å². The summed E-state index contributed by atoms with van der Waals surface area (Å²) in [4.78, 5) is 14.5. The third kappa shape index (κ3) is 4.87. The second kappa shape index (κ2) is 9.73. The van der Waals surface area contributed by atoms with E-state index in [0.717, 1.165) is 67.7 Å². The first-order chi connectivity index (χ1) is 14.1. The number of rotatable bonds is 8. The van der Waals surface area contributed by atoms with Crippen LogP contribution < -0.4 is 14.8 Å². The van der Waals surface area contributed by atoms with Crippen LogP contribution in [0.5, 0.6) is 11.5 Å². The van der Waals surface area contributed by atoms with Gasteiger partial charge in [-0.3, -0.25) is 9.69 Å². The van der Waals surface area contributed by atoms with Crippen LogP contribution >= 0.6 is 0 Å². The van der Waals surface area contributed by atoms with Crippen LogP contribution in [0.3, 0.4) is 0 Å². The summed E-state index contributed by atoms with van der Waals surface area (Å²) in [6.45, 7) is 7.70. The average molecular weight is 402 g/mol. The molecule has 0 spiro atoms. The molecular weight excluding hydrogens is 370 g/mol. The molecule has 1 aromatic heterocycles. The van der Waals surface area contributed by atoms with E-state index in [2.05, 4.69) is 31.0 Å². The Morgan fingerprint density at radius 3 is 2.76 bits per heavy atom. The van der Waals surface area contributed by atoms with Crippen molar-refractivity contribution in [2.24, 2.45) is 5.92 Å². The minimum absolute atomic E-state index is 0.00913. The minimum Gasteiger partial charge on any atom is -0.493 e. The first-order valence-corrected chi connectivity index (χ1v) is 10.2. The Balaban J connectivity index is 1.64. The molecule has 1 aliphatic rings. The molecule has 8 nitrogen and oxygen atoms in total. The molecule has 0 bridgehead atoms. The van der Waals surface area contributed by atoms with Gasteiger partial charge in [-0.2, -0.15) is 0 Å². The number of nitrogens with zero attached hydrogens (tertiary/aromatic N) is 4. The van der Waals surface area contributed by atoms with Gasteiger partial charge < -0.3 is 19.4 Å². The molecule has 158 valence electrons. The van der Waals surface area contributed by atoms with Gasteiger partial charge in [-0.25, -0.2) is 0 Å². The second-order valence-corrected chi connectivity index (χ2v) is 7.39. The van der Waals surface area contributed by atoms with E-state index in [4.69, 9.17) is 9.47 Å². The van der Waals surface area contributed by atoms with Crippen LogP contribution in [-0.2, 0) is 30.8 Å². The first kappa shape index (κ1) is 21.1. The number of carbonyl (C=O) groups excluding carboxylic acids is 1. The van der Waals surface area contributed by atoms with Crippen molar-refractivity contribution in [1.29, 1.82) is 0 Å². The number of nitrogens with one attached hydrogen (secondary N) is 1. The van der Waals surface area contributed by atoms with Crippen molar-refractivity contribution in [3.63, 3.8) is 0 Å². The Bertz CT molecular complexity index is 836. The van der Waals surface area contributed by atoms with Crippen LogP contribution in [0, 0.1) is 5.92 Å². The second-order valence-electron chi connectivity index (χ2n) is 7.39. The predicted molar refractivity (Wildman–Crippen MR) is 110 cm³/mol. The van der Waals surface area contributed by atoms with E-state index in [0.29, 0.717) is 6.54 Å². The molecule has 0 radical (unpaired) electrons. The molecule has 1 aromatic carbocycles. The fourth-order valence-corrected chi connectivity index (χ4v) is 3.56. The van der Waals surface area contributed by atoms with Gasteiger partial charge in [0.05, 0.1) is 20.8 Å². The van der Waals surface area contributed by atoms with E-state index >= 15 is 0 Å². The molecule has 1 aliphatic heterocycles. The molecule has 1 amide bonds. The molecule has 8 heteroatoms. The van der Waals surface area contributed by atoms with E-state index in [9.17, 15) is 4.79 Å². The zero-order valence-electron chi connectivity index (χ0n) is 17.8. The molecule has 1 N–H and O–H groups in total. The summed E-state index contributed by atoms with van der Waals surface area (Å²) in [6.07, 6.45) is 1.64. The molecule has 2 aromatic rings. The normalized spacial score (nSPS) is 15.3. The van der Waals surface area contributed by atoms with Gasteiger partial charge in [0, 0.05) is 44.1 Å². The summed E-state index contributed by atoms with van der Waals surface area (Å²) >= 11 is 0. The highest BCUT2D eigenvalue weighted by atomic mass is 16.5. The zero-order chi connectivity index (χ0) is 20.8. The third-order valence-electron chi connectivity index (χ3n) is 5.55. The Morgan fingerprint density at radius 2 is 2.03 bits per heavy atom. The van der Waals surface area contributed by atoms with Gasteiger partial charge in [0.2, 0.25) is 5.91 Å². The van der Waals surface area contributed by atoms with E-state index < -0.39 is 0 Å². The fourth-order valence-electron chi connectivity index (χ4n) is 3.56. The van der Waals surface area contributed by atoms with E-state index in [-0.39, 0.29) is 11.8 Å². The largest absolute Gasteiger partial charge is 0.493 e. The lowest BCUT2D eigenvalue weighted by molar-refractivity contribution is -0.124. The fraction of sp³-hybridized carbons (Fsp3) is 0.571. The zero-order valence-corrected chi connectivity index (χ0v) is 17.8. The number of carbonyl (C=O) groups is 1. The van der Waals surface area contributed by atoms with Crippen LogP contribution in [0.25, 0.3) is 0 Å². The summed E-state index contributed by atoms with van der Waals surface area (Å²) in [5.74, 6) is 3.39. The molecule has 3 rings (SSSR count). The number of amides is 1. The summed E-state index contributed by atoms with van der Waals surface area (Å²) in [7, 11) is 3.33. The van der Waals surface area contributed by atoms with Crippen LogP contribution in [-0.4, -0.2) is 52.9 Å². The van der Waals surface area contributed by atoms with Crippen LogP contribution in [0.1, 0.15) is 37.5 Å². The van der Waals surface area contributed by atoms with Gasteiger partial charge in [0.25, 0.3) is 0 Å². The van der Waals surface area contributed by atoms with Crippen molar-refractivity contribution < 1.29 is 14.3 Å². The SMILES string of the molecule is CC[C@H](C)C(=O)NCc1nnc2n1CCN(Cc1cccc(OC)c1OC)CC2. The number of methoxy groups -OCH3 is 2. The van der Waals surface area contributed by atoms with E-state index in [1.165, 1.54) is 0 Å². The van der Waals surface area contributed by atoms with Crippen molar-refractivity contribution in [1.82, 2.24) is 25.0 Å². The molecule has 0 aliphatic carbocycles. The summed E-state index contributed by atoms with van der Waals surface area (Å²) < 4.78 is 13.1. The predicted octanol–water partition coefficient (Wildman–Crippen LogP) is 2.02. The Morgan fingerprint density at radius 1 is 1.21 bits per heavy atom. The van der Waals surface area contributed by atoms with Crippen LogP contribution in [0.2, 0.25) is 0 Å². The molecule has 29 heavy (non-hydrogen) atoms. The summed E-state index contributed by atoms with van der Waals surface area (Å²) in [6, 6.07) is 5.97. The van der Waals surface area contributed by atoms with Crippen molar-refractivity contribution in [2.45, 2.75) is 46.3 Å². The molecule has 0 fully saturated rings. The summed E-state index contributed by atoms with van der Waals surface area (Å²) in [5.41, 5.74) is 1.10. The van der Waals surface area contributed by atoms with E-state index in [1.54, 1.807) is 14.2 Å². The molecule has 0 saturated carbocycles. The number of para-hydroxylation sites is 1. The van der Waals surface area contributed by atoms with Gasteiger partial charge in [-0.15, -0.1) is 10.2 Å². The Labute approximate surface area is 172 Å². The molecule has 0 saturated heterocycles. The van der Waals surface area contributed by atoms with Gasteiger partial charge in [0.15, 0.2) is 17.3 Å². The maximum Gasteiger partial charge on any atom is 0.223 e. The summed E-state index contributed by atoms with van der Waals surface area (Å²) in [5, 5.41) is 11.6. The van der Waals surface area contributed by atoms with E-state index in [1.807, 2.05) is 26.0 Å². The minimum atomic E-state index is 0.00913. The Kier molecular flexibility index (Phi) is 7.09. The molecule has 2 heterocycles. The number of hydrogen-bond donors (Lipinski definition) is 1. The lowest BCUT2D eigenvalue weighted by atomic mass is 10.1. The molecule has 0 unspecified atom stereocenters. The number of benzene rings is 1. The van der Waals surface area contributed by atoms with Gasteiger partial charge in [-0.05, 0) is 12.5 Å². The highest BCUT2D eigenvalue weighted by Crippen LogP contribution is 2.31. The standard InChI is InChI=1S/C21H31N5O3/c1-5-15(2)21(27)22-13-19-24-23-18-9-10-25(11-12-26(18)19)14-16-7-6-8-17(28-3)20(16)29-4/h6-8,15H,5,9-14H2,1-4H3,(H,22,27)/t15-/m0/s1. The van der Waals surface area contributed by atoms with Gasteiger partial charge in [-0.1, -0.05) is 26.0 Å². The number of ether oxygens (including phenoxy) is 2. The highest BCUT2D eigenvalue weighted by molar-refractivity contribution is 5.78. The van der Waals surface area contributed by atoms with Gasteiger partial charge >= 0.3 is 0 Å². The topological polar surface area (TPSA) is 81.5 Å². The smallest absolute Gasteiger partial charge is 0.223 e. The molecule has 1 atom stereocenters. The van der Waals surface area contributed by atoms with Crippen LogP contribution in [0.4, 0.5) is 0 Å². The van der Waals surface area contributed by atoms with Gasteiger partial charge in [0.1, 0.15) is 5.82 Å².